The minimum atomic E-state index is 0.567. The SMILES string of the molecule is c1ccc(-c2nc(-c3ccccc3)nc(-c3cccc4c3oc3cccc(-c5cccc6c5c5ccccc5n6-c5ccccc5)c34)n2)cc1. The molecule has 0 fully saturated rings. The van der Waals surface area contributed by atoms with Crippen LogP contribution in [0.3, 0.4) is 0 Å². The third-order valence-corrected chi connectivity index (χ3v) is 9.47. The zero-order valence-corrected chi connectivity index (χ0v) is 26.9. The van der Waals surface area contributed by atoms with Crippen molar-refractivity contribution in [3.05, 3.63) is 170 Å². The van der Waals surface area contributed by atoms with Gasteiger partial charge in [-0.3, -0.25) is 0 Å². The van der Waals surface area contributed by atoms with E-state index in [0.29, 0.717) is 17.5 Å². The van der Waals surface area contributed by atoms with Crippen LogP contribution in [-0.4, -0.2) is 19.5 Å². The van der Waals surface area contributed by atoms with E-state index in [1.165, 1.54) is 16.3 Å². The van der Waals surface area contributed by atoms with Gasteiger partial charge in [0.05, 0.1) is 16.6 Å². The van der Waals surface area contributed by atoms with E-state index in [1.807, 2.05) is 72.8 Å². The average molecular weight is 641 g/mol. The first-order valence-corrected chi connectivity index (χ1v) is 16.7. The quantitative estimate of drug-likeness (QED) is 0.188. The predicted octanol–water partition coefficient (Wildman–Crippen LogP) is 11.5. The molecule has 10 rings (SSSR count). The molecule has 0 aliphatic rings. The van der Waals surface area contributed by atoms with E-state index in [4.69, 9.17) is 19.4 Å². The molecular formula is C45H28N4O. The fraction of sp³-hybridized carbons (Fsp3) is 0. The Hall–Kier alpha value is -6.85. The molecule has 0 saturated carbocycles. The van der Waals surface area contributed by atoms with Crippen molar-refractivity contribution >= 4 is 43.7 Å². The highest BCUT2D eigenvalue weighted by Crippen LogP contribution is 2.44. The minimum absolute atomic E-state index is 0.567. The van der Waals surface area contributed by atoms with Crippen molar-refractivity contribution in [1.82, 2.24) is 19.5 Å². The van der Waals surface area contributed by atoms with Crippen LogP contribution in [0.5, 0.6) is 0 Å². The summed E-state index contributed by atoms with van der Waals surface area (Å²) in [4.78, 5) is 14.9. The molecule has 7 aromatic carbocycles. The number of benzene rings is 7. The fourth-order valence-electron chi connectivity index (χ4n) is 7.28. The van der Waals surface area contributed by atoms with Crippen molar-refractivity contribution in [2.45, 2.75) is 0 Å². The highest BCUT2D eigenvalue weighted by Gasteiger charge is 2.22. The van der Waals surface area contributed by atoms with E-state index in [-0.39, 0.29) is 0 Å². The number of para-hydroxylation sites is 3. The van der Waals surface area contributed by atoms with Crippen LogP contribution >= 0.6 is 0 Å². The molecule has 50 heavy (non-hydrogen) atoms. The standard InChI is InChI=1S/C45H28N4O/c1-4-15-29(16-5-1)43-46-44(30-17-6-2-7-18-30)48-45(47-43)36-25-12-24-35-41-33(23-14-28-39(41)50-42(35)36)32-22-13-27-38-40(32)34-21-10-11-26-37(34)49(38)31-19-8-3-9-20-31/h1-28H. The third kappa shape index (κ3) is 4.45. The summed E-state index contributed by atoms with van der Waals surface area (Å²) in [6.45, 7) is 0. The van der Waals surface area contributed by atoms with Crippen molar-refractivity contribution < 1.29 is 4.42 Å². The molecule has 10 aromatic rings. The van der Waals surface area contributed by atoms with E-state index in [0.717, 1.165) is 61.0 Å². The van der Waals surface area contributed by atoms with Crippen molar-refractivity contribution in [1.29, 1.82) is 0 Å². The number of aromatic nitrogens is 4. The first kappa shape index (κ1) is 28.2. The molecule has 5 heteroatoms. The monoisotopic (exact) mass is 640 g/mol. The number of fused-ring (bicyclic) bond motifs is 6. The van der Waals surface area contributed by atoms with Crippen molar-refractivity contribution in [3.63, 3.8) is 0 Å². The van der Waals surface area contributed by atoms with Gasteiger partial charge in [0.2, 0.25) is 0 Å². The van der Waals surface area contributed by atoms with Crippen molar-refractivity contribution in [2.75, 3.05) is 0 Å². The second-order valence-corrected chi connectivity index (χ2v) is 12.4. The highest BCUT2D eigenvalue weighted by molar-refractivity contribution is 6.21. The van der Waals surface area contributed by atoms with Gasteiger partial charge in [0.1, 0.15) is 11.2 Å². The lowest BCUT2D eigenvalue weighted by Crippen LogP contribution is -2.00. The maximum atomic E-state index is 6.76. The van der Waals surface area contributed by atoms with Gasteiger partial charge in [0, 0.05) is 38.4 Å². The summed E-state index contributed by atoms with van der Waals surface area (Å²) in [6.07, 6.45) is 0. The molecule has 0 aliphatic carbocycles. The predicted molar refractivity (Wildman–Crippen MR) is 203 cm³/mol. The molecule has 0 amide bonds. The summed E-state index contributed by atoms with van der Waals surface area (Å²) in [6, 6.07) is 58.5. The Morgan fingerprint density at radius 3 is 1.62 bits per heavy atom. The second kappa shape index (κ2) is 11.4. The zero-order chi connectivity index (χ0) is 33.0. The minimum Gasteiger partial charge on any atom is -0.455 e. The fourth-order valence-corrected chi connectivity index (χ4v) is 7.28. The molecule has 0 bridgehead atoms. The Bertz CT molecular complexity index is 2800. The van der Waals surface area contributed by atoms with Gasteiger partial charge in [-0.1, -0.05) is 133 Å². The van der Waals surface area contributed by atoms with Gasteiger partial charge >= 0.3 is 0 Å². The van der Waals surface area contributed by atoms with Crippen LogP contribution in [0.1, 0.15) is 0 Å². The Morgan fingerprint density at radius 2 is 0.900 bits per heavy atom. The Kier molecular flexibility index (Phi) is 6.42. The zero-order valence-electron chi connectivity index (χ0n) is 26.9. The molecule has 3 heterocycles. The van der Waals surface area contributed by atoms with Crippen molar-refractivity contribution in [2.24, 2.45) is 0 Å². The molecule has 3 aromatic heterocycles. The van der Waals surface area contributed by atoms with Gasteiger partial charge in [-0.2, -0.15) is 0 Å². The number of hydrogen-bond donors (Lipinski definition) is 0. The first-order valence-electron chi connectivity index (χ1n) is 16.7. The smallest absolute Gasteiger partial charge is 0.167 e. The molecule has 0 radical (unpaired) electrons. The molecule has 0 unspecified atom stereocenters. The third-order valence-electron chi connectivity index (χ3n) is 9.47. The van der Waals surface area contributed by atoms with Crippen LogP contribution in [0.25, 0.3) is 94.7 Å². The summed E-state index contributed by atoms with van der Waals surface area (Å²) < 4.78 is 9.12. The van der Waals surface area contributed by atoms with E-state index in [9.17, 15) is 0 Å². The molecule has 0 N–H and O–H groups in total. The van der Waals surface area contributed by atoms with Crippen LogP contribution in [-0.2, 0) is 0 Å². The second-order valence-electron chi connectivity index (χ2n) is 12.4. The van der Waals surface area contributed by atoms with E-state index < -0.39 is 0 Å². The van der Waals surface area contributed by atoms with E-state index in [2.05, 4.69) is 102 Å². The van der Waals surface area contributed by atoms with Crippen LogP contribution in [0.4, 0.5) is 0 Å². The lowest BCUT2D eigenvalue weighted by Gasteiger charge is -2.09. The molecule has 0 saturated heterocycles. The molecular weight excluding hydrogens is 613 g/mol. The van der Waals surface area contributed by atoms with Gasteiger partial charge in [-0.15, -0.1) is 0 Å². The topological polar surface area (TPSA) is 56.7 Å². The Morgan fingerprint density at radius 1 is 0.380 bits per heavy atom. The summed E-state index contributed by atoms with van der Waals surface area (Å²) in [7, 11) is 0. The maximum absolute atomic E-state index is 6.76. The molecule has 0 atom stereocenters. The summed E-state index contributed by atoms with van der Waals surface area (Å²) in [5.74, 6) is 1.80. The van der Waals surface area contributed by atoms with Crippen LogP contribution in [0.2, 0.25) is 0 Å². The molecule has 0 aliphatic heterocycles. The normalized spacial score (nSPS) is 11.6. The van der Waals surface area contributed by atoms with Crippen LogP contribution in [0.15, 0.2) is 174 Å². The lowest BCUT2D eigenvalue weighted by atomic mass is 9.95. The summed E-state index contributed by atoms with van der Waals surface area (Å²) >= 11 is 0. The van der Waals surface area contributed by atoms with E-state index in [1.54, 1.807) is 0 Å². The average Bonchev–Trinajstić information content (AvgIpc) is 3.75. The Balaban J connectivity index is 1.22. The van der Waals surface area contributed by atoms with Crippen LogP contribution < -0.4 is 0 Å². The largest absolute Gasteiger partial charge is 0.455 e. The van der Waals surface area contributed by atoms with Crippen LogP contribution in [0, 0.1) is 0 Å². The van der Waals surface area contributed by atoms with E-state index >= 15 is 0 Å². The van der Waals surface area contributed by atoms with Gasteiger partial charge in [-0.25, -0.2) is 15.0 Å². The Labute approximate surface area is 287 Å². The molecule has 234 valence electrons. The first-order chi connectivity index (χ1) is 24.8. The maximum Gasteiger partial charge on any atom is 0.167 e. The molecule has 0 spiro atoms. The number of furan rings is 1. The summed E-state index contributed by atoms with van der Waals surface area (Å²) in [5.41, 5.74) is 9.97. The molecule has 5 nitrogen and oxygen atoms in total. The highest BCUT2D eigenvalue weighted by atomic mass is 16.3. The number of rotatable bonds is 5. The van der Waals surface area contributed by atoms with Gasteiger partial charge in [-0.05, 0) is 47.5 Å². The number of nitrogens with zero attached hydrogens (tertiary/aromatic N) is 4. The van der Waals surface area contributed by atoms with Gasteiger partial charge < -0.3 is 8.98 Å². The summed E-state index contributed by atoms with van der Waals surface area (Å²) in [5, 5.41) is 4.50. The van der Waals surface area contributed by atoms with Gasteiger partial charge in [0.15, 0.2) is 17.5 Å². The van der Waals surface area contributed by atoms with Gasteiger partial charge in [0.25, 0.3) is 0 Å². The number of hydrogen-bond acceptors (Lipinski definition) is 4. The lowest BCUT2D eigenvalue weighted by molar-refractivity contribution is 0.669. The van der Waals surface area contributed by atoms with Crippen molar-refractivity contribution in [3.8, 4) is 51.0 Å².